The van der Waals surface area contributed by atoms with E-state index in [1.165, 1.54) is 10.6 Å². The Hall–Kier alpha value is -2.02. The molecule has 0 aliphatic heterocycles. The maximum atomic E-state index is 11.7. The minimum atomic E-state index is -1.16. The molecule has 2 N–H and O–H groups in total. The van der Waals surface area contributed by atoms with Crippen molar-refractivity contribution in [3.63, 3.8) is 0 Å². The summed E-state index contributed by atoms with van der Waals surface area (Å²) in [5, 5.41) is 9.12. The number of hydrogen-bond donors (Lipinski definition) is 2. The van der Waals surface area contributed by atoms with Crippen LogP contribution >= 0.6 is 12.2 Å². The van der Waals surface area contributed by atoms with Crippen molar-refractivity contribution >= 4 is 29.2 Å². The smallest absolute Gasteiger partial charge is 0.336 e. The fourth-order valence-electron chi connectivity index (χ4n) is 1.63. The Kier molecular flexibility index (Phi) is 2.55. The van der Waals surface area contributed by atoms with Crippen LogP contribution in [0.2, 0.25) is 0 Å². The molecule has 0 radical (unpaired) electrons. The van der Waals surface area contributed by atoms with Crippen molar-refractivity contribution in [2.45, 2.75) is 6.92 Å². The van der Waals surface area contributed by atoms with Gasteiger partial charge in [-0.15, -0.1) is 0 Å². The SMILES string of the molecule is Cc1cc(C(=O)O)c2c(=O)[nH]c(=S)n(C)c2n1. The second-order valence-electron chi connectivity index (χ2n) is 3.63. The summed E-state index contributed by atoms with van der Waals surface area (Å²) in [7, 11) is 1.62. The largest absolute Gasteiger partial charge is 0.478 e. The number of aromatic carboxylic acids is 1. The second kappa shape index (κ2) is 3.77. The standard InChI is InChI=1S/C10H9N3O3S/c1-4-3-5(9(15)16)6-7(11-4)13(2)10(17)12-8(6)14/h3H,1-2H3,(H,15,16)(H,12,14,17). The number of carboxylic acid groups (broad SMARTS) is 1. The van der Waals surface area contributed by atoms with E-state index in [2.05, 4.69) is 9.97 Å². The summed E-state index contributed by atoms with van der Waals surface area (Å²) in [5.41, 5.74) is 0.189. The van der Waals surface area contributed by atoms with Crippen LogP contribution < -0.4 is 5.56 Å². The lowest BCUT2D eigenvalue weighted by Crippen LogP contribution is -2.17. The number of nitrogens with zero attached hydrogens (tertiary/aromatic N) is 2. The van der Waals surface area contributed by atoms with E-state index in [9.17, 15) is 9.59 Å². The van der Waals surface area contributed by atoms with Gasteiger partial charge >= 0.3 is 5.97 Å². The van der Waals surface area contributed by atoms with E-state index < -0.39 is 11.5 Å². The van der Waals surface area contributed by atoms with Crippen molar-refractivity contribution in [3.8, 4) is 0 Å². The molecule has 0 saturated carbocycles. The number of rotatable bonds is 1. The van der Waals surface area contributed by atoms with Crippen molar-refractivity contribution < 1.29 is 9.90 Å². The normalized spacial score (nSPS) is 10.7. The van der Waals surface area contributed by atoms with Gasteiger partial charge in [0.1, 0.15) is 5.65 Å². The molecule has 0 unspecified atom stereocenters. The van der Waals surface area contributed by atoms with Crippen LogP contribution in [0, 0.1) is 11.7 Å². The van der Waals surface area contributed by atoms with E-state index in [4.69, 9.17) is 17.3 Å². The first-order chi connectivity index (χ1) is 7.91. The van der Waals surface area contributed by atoms with Crippen molar-refractivity contribution in [2.75, 3.05) is 0 Å². The van der Waals surface area contributed by atoms with Gasteiger partial charge < -0.3 is 9.67 Å². The molecule has 0 spiro atoms. The summed E-state index contributed by atoms with van der Waals surface area (Å²) in [5.74, 6) is -1.16. The average Bonchev–Trinajstić information content (AvgIpc) is 2.24. The topological polar surface area (TPSA) is 88.0 Å². The molecule has 2 heterocycles. The van der Waals surface area contributed by atoms with Crippen molar-refractivity contribution in [2.24, 2.45) is 7.05 Å². The summed E-state index contributed by atoms with van der Waals surface area (Å²) in [4.78, 5) is 29.4. The molecule has 0 atom stereocenters. The molecule has 0 aliphatic carbocycles. The summed E-state index contributed by atoms with van der Waals surface area (Å²) >= 11 is 4.94. The van der Waals surface area contributed by atoms with Crippen LogP contribution in [-0.4, -0.2) is 25.6 Å². The molecule has 0 amide bonds. The van der Waals surface area contributed by atoms with E-state index in [0.717, 1.165) is 0 Å². The zero-order valence-electron chi connectivity index (χ0n) is 9.14. The van der Waals surface area contributed by atoms with Crippen molar-refractivity contribution in [1.29, 1.82) is 0 Å². The highest BCUT2D eigenvalue weighted by molar-refractivity contribution is 7.71. The van der Waals surface area contributed by atoms with E-state index in [0.29, 0.717) is 5.69 Å². The van der Waals surface area contributed by atoms with Crippen LogP contribution in [0.4, 0.5) is 0 Å². The van der Waals surface area contributed by atoms with Crippen molar-refractivity contribution in [3.05, 3.63) is 32.4 Å². The van der Waals surface area contributed by atoms with Crippen LogP contribution in [0.3, 0.4) is 0 Å². The van der Waals surface area contributed by atoms with Gasteiger partial charge in [-0.1, -0.05) is 0 Å². The maximum absolute atomic E-state index is 11.7. The Labute approximate surface area is 101 Å². The van der Waals surface area contributed by atoms with Gasteiger partial charge in [-0.2, -0.15) is 0 Å². The number of aryl methyl sites for hydroxylation is 2. The number of H-pyrrole nitrogens is 1. The highest BCUT2D eigenvalue weighted by Gasteiger charge is 2.15. The van der Waals surface area contributed by atoms with Crippen LogP contribution in [0.1, 0.15) is 16.1 Å². The molecule has 0 fully saturated rings. The number of carboxylic acids is 1. The Bertz CT molecular complexity index is 745. The molecular weight excluding hydrogens is 242 g/mol. The molecule has 17 heavy (non-hydrogen) atoms. The number of hydrogen-bond acceptors (Lipinski definition) is 4. The van der Waals surface area contributed by atoms with E-state index in [-0.39, 0.29) is 21.4 Å². The number of aromatic amines is 1. The zero-order chi connectivity index (χ0) is 12.7. The van der Waals surface area contributed by atoms with Crippen LogP contribution in [0.5, 0.6) is 0 Å². The molecule has 7 heteroatoms. The van der Waals surface area contributed by atoms with Gasteiger partial charge in [0.25, 0.3) is 5.56 Å². The van der Waals surface area contributed by atoms with E-state index in [1.54, 1.807) is 14.0 Å². The van der Waals surface area contributed by atoms with Gasteiger partial charge in [0.05, 0.1) is 10.9 Å². The highest BCUT2D eigenvalue weighted by atomic mass is 32.1. The first-order valence-electron chi connectivity index (χ1n) is 4.75. The maximum Gasteiger partial charge on any atom is 0.336 e. The fraction of sp³-hybridized carbons (Fsp3) is 0.200. The lowest BCUT2D eigenvalue weighted by atomic mass is 10.1. The molecule has 0 saturated heterocycles. The zero-order valence-corrected chi connectivity index (χ0v) is 9.96. The van der Waals surface area contributed by atoms with Gasteiger partial charge in [-0.05, 0) is 25.2 Å². The molecule has 6 nitrogen and oxygen atoms in total. The third kappa shape index (κ3) is 1.74. The van der Waals surface area contributed by atoms with Crippen molar-refractivity contribution in [1.82, 2.24) is 14.5 Å². The molecule has 0 bridgehead atoms. The predicted octanol–water partition coefficient (Wildman–Crippen LogP) is 0.998. The molecular formula is C10H9N3O3S. The summed E-state index contributed by atoms with van der Waals surface area (Å²) in [6, 6.07) is 1.36. The summed E-state index contributed by atoms with van der Waals surface area (Å²) < 4.78 is 1.68. The van der Waals surface area contributed by atoms with Gasteiger partial charge in [0.2, 0.25) is 0 Å². The lowest BCUT2D eigenvalue weighted by Gasteiger charge is -2.07. The van der Waals surface area contributed by atoms with Crippen LogP contribution in [-0.2, 0) is 7.05 Å². The number of carbonyl (C=O) groups is 1. The van der Waals surface area contributed by atoms with Gasteiger partial charge in [0, 0.05) is 12.7 Å². The Balaban J connectivity index is 3.15. The Morgan fingerprint density at radius 2 is 2.24 bits per heavy atom. The first-order valence-corrected chi connectivity index (χ1v) is 5.16. The third-order valence-electron chi connectivity index (χ3n) is 2.43. The molecule has 0 aliphatic rings. The van der Waals surface area contributed by atoms with Gasteiger partial charge in [-0.25, -0.2) is 9.78 Å². The summed E-state index contributed by atoms with van der Waals surface area (Å²) in [6.45, 7) is 1.66. The molecule has 2 rings (SSSR count). The Morgan fingerprint density at radius 1 is 1.59 bits per heavy atom. The third-order valence-corrected chi connectivity index (χ3v) is 2.80. The quantitative estimate of drug-likeness (QED) is 0.738. The lowest BCUT2D eigenvalue weighted by molar-refractivity contribution is 0.0698. The molecule has 0 aromatic carbocycles. The van der Waals surface area contributed by atoms with Crippen LogP contribution in [0.15, 0.2) is 10.9 Å². The number of aromatic nitrogens is 3. The molecule has 2 aromatic heterocycles. The van der Waals surface area contributed by atoms with E-state index >= 15 is 0 Å². The number of fused-ring (bicyclic) bond motifs is 1. The highest BCUT2D eigenvalue weighted by Crippen LogP contribution is 2.14. The van der Waals surface area contributed by atoms with Crippen LogP contribution in [0.25, 0.3) is 11.0 Å². The fourth-order valence-corrected chi connectivity index (χ4v) is 1.81. The molecule has 88 valence electrons. The minimum absolute atomic E-state index is 0.0409. The summed E-state index contributed by atoms with van der Waals surface area (Å²) in [6.07, 6.45) is 0. The van der Waals surface area contributed by atoms with Gasteiger partial charge in [-0.3, -0.25) is 9.78 Å². The first kappa shape index (κ1) is 11.5. The average molecular weight is 251 g/mol. The van der Waals surface area contributed by atoms with E-state index in [1.807, 2.05) is 0 Å². The minimum Gasteiger partial charge on any atom is -0.478 e. The predicted molar refractivity (Wildman–Crippen MR) is 63.9 cm³/mol. The number of nitrogens with one attached hydrogen (secondary N) is 1. The molecule has 2 aromatic rings. The van der Waals surface area contributed by atoms with Gasteiger partial charge in [0.15, 0.2) is 4.77 Å². The second-order valence-corrected chi connectivity index (χ2v) is 4.02. The number of pyridine rings is 1. The Morgan fingerprint density at radius 3 is 2.82 bits per heavy atom. The monoisotopic (exact) mass is 251 g/mol.